The Kier molecular flexibility index (Phi) is 5.76. The Bertz CT molecular complexity index is 80.7. The van der Waals surface area contributed by atoms with Crippen molar-refractivity contribution >= 4 is 8.56 Å². The second kappa shape index (κ2) is 5.71. The van der Waals surface area contributed by atoms with Gasteiger partial charge in [0.05, 0.1) is 0 Å². The molecule has 0 amide bonds. The molecule has 0 radical (unpaired) electrons. The van der Waals surface area contributed by atoms with E-state index in [1.54, 1.807) is 0 Å². The van der Waals surface area contributed by atoms with Crippen LogP contribution in [0.1, 0.15) is 20.8 Å². The highest BCUT2D eigenvalue weighted by atomic mass is 28.4. The van der Waals surface area contributed by atoms with Crippen molar-refractivity contribution in [1.82, 2.24) is 14.9 Å². The van der Waals surface area contributed by atoms with Crippen LogP contribution in [-0.4, -0.2) is 28.2 Å². The molecule has 0 heterocycles. The summed E-state index contributed by atoms with van der Waals surface area (Å²) in [5, 5.41) is 0. The third-order valence-corrected chi connectivity index (χ3v) is 4.77. The third kappa shape index (κ3) is 4.52. The molecule has 0 spiro atoms. The minimum atomic E-state index is -1.50. The summed E-state index contributed by atoms with van der Waals surface area (Å²) in [6.07, 6.45) is 0. The fourth-order valence-corrected chi connectivity index (χ4v) is 3.74. The summed E-state index contributed by atoms with van der Waals surface area (Å²) < 4.78 is 0. The van der Waals surface area contributed by atoms with Crippen LogP contribution in [0.3, 0.4) is 0 Å². The zero-order valence-electron chi connectivity index (χ0n) is 8.12. The van der Waals surface area contributed by atoms with Gasteiger partial charge in [0.15, 0.2) is 0 Å². The lowest BCUT2D eigenvalue weighted by atomic mass is 10.8. The third-order valence-electron chi connectivity index (χ3n) is 1.59. The van der Waals surface area contributed by atoms with E-state index < -0.39 is 8.56 Å². The van der Waals surface area contributed by atoms with Gasteiger partial charge in [0, 0.05) is 0 Å². The van der Waals surface area contributed by atoms with E-state index in [2.05, 4.69) is 42.3 Å². The minimum absolute atomic E-state index is 1.03. The highest BCUT2D eigenvalue weighted by molar-refractivity contribution is 6.71. The molecule has 3 nitrogen and oxygen atoms in total. The summed E-state index contributed by atoms with van der Waals surface area (Å²) >= 11 is 0. The van der Waals surface area contributed by atoms with E-state index in [0.717, 1.165) is 19.6 Å². The first-order valence-corrected chi connectivity index (χ1v) is 6.93. The van der Waals surface area contributed by atoms with Crippen molar-refractivity contribution < 1.29 is 0 Å². The smallest absolute Gasteiger partial charge is 0.278 e. The molecular weight excluding hydrogens is 154 g/mol. The average Bonchev–Trinajstić information content (AvgIpc) is 1.88. The van der Waals surface area contributed by atoms with Crippen LogP contribution >= 0.6 is 0 Å². The van der Waals surface area contributed by atoms with Crippen molar-refractivity contribution in [2.24, 2.45) is 0 Å². The largest absolute Gasteiger partial charge is 0.314 e. The molecule has 0 atom stereocenters. The maximum atomic E-state index is 3.48. The van der Waals surface area contributed by atoms with Crippen molar-refractivity contribution in [1.29, 1.82) is 0 Å². The van der Waals surface area contributed by atoms with Gasteiger partial charge in [-0.3, -0.25) is 0 Å². The standard InChI is InChI=1S/C7H21N3Si/c1-5-8-11(4,9-6-2)10-7-3/h8-10H,5-7H2,1-4H3. The molecule has 0 aromatic heterocycles. The Morgan fingerprint density at radius 1 is 0.818 bits per heavy atom. The Labute approximate surface area is 71.2 Å². The Hall–Kier alpha value is 0.0969. The van der Waals surface area contributed by atoms with Gasteiger partial charge < -0.3 is 14.9 Å². The topological polar surface area (TPSA) is 36.1 Å². The fourth-order valence-electron chi connectivity index (χ4n) is 1.25. The van der Waals surface area contributed by atoms with Crippen LogP contribution in [-0.2, 0) is 0 Å². The molecule has 0 fully saturated rings. The molecule has 0 saturated carbocycles. The van der Waals surface area contributed by atoms with Gasteiger partial charge in [-0.25, -0.2) is 0 Å². The highest BCUT2D eigenvalue weighted by Crippen LogP contribution is 1.85. The Morgan fingerprint density at radius 3 is 1.27 bits per heavy atom. The zero-order valence-corrected chi connectivity index (χ0v) is 9.12. The van der Waals surface area contributed by atoms with Gasteiger partial charge in [-0.15, -0.1) is 0 Å². The van der Waals surface area contributed by atoms with Crippen LogP contribution in [0, 0.1) is 0 Å². The molecule has 68 valence electrons. The second-order valence-corrected chi connectivity index (χ2v) is 6.03. The van der Waals surface area contributed by atoms with Crippen LogP contribution in [0.2, 0.25) is 6.55 Å². The molecule has 0 unspecified atom stereocenters. The first-order chi connectivity index (χ1) is 5.18. The van der Waals surface area contributed by atoms with Gasteiger partial charge >= 0.3 is 0 Å². The number of rotatable bonds is 6. The van der Waals surface area contributed by atoms with Crippen LogP contribution in [0.5, 0.6) is 0 Å². The first kappa shape index (κ1) is 11.1. The molecule has 0 rings (SSSR count). The number of hydrogen-bond donors (Lipinski definition) is 3. The molecule has 0 aliphatic rings. The molecule has 0 aliphatic heterocycles. The van der Waals surface area contributed by atoms with Gasteiger partial charge in [-0.1, -0.05) is 20.8 Å². The Morgan fingerprint density at radius 2 is 1.09 bits per heavy atom. The summed E-state index contributed by atoms with van der Waals surface area (Å²) in [7, 11) is -1.50. The average molecular weight is 175 g/mol. The molecule has 0 bridgehead atoms. The molecule has 4 heteroatoms. The van der Waals surface area contributed by atoms with Gasteiger partial charge in [0.1, 0.15) is 0 Å². The van der Waals surface area contributed by atoms with Crippen molar-refractivity contribution in [2.45, 2.75) is 27.3 Å². The summed E-state index contributed by atoms with van der Waals surface area (Å²) in [6, 6.07) is 0. The lowest BCUT2D eigenvalue weighted by Gasteiger charge is -2.28. The first-order valence-electron chi connectivity index (χ1n) is 4.43. The van der Waals surface area contributed by atoms with Crippen LogP contribution < -0.4 is 14.9 Å². The molecule has 3 N–H and O–H groups in total. The molecular formula is C7H21N3Si. The number of hydrogen-bond acceptors (Lipinski definition) is 3. The predicted octanol–water partition coefficient (Wildman–Crippen LogP) is 0.384. The van der Waals surface area contributed by atoms with Gasteiger partial charge in [-0.2, -0.15) is 0 Å². The minimum Gasteiger partial charge on any atom is -0.314 e. The lowest BCUT2D eigenvalue weighted by molar-refractivity contribution is 0.782. The SMILES string of the molecule is CCN[Si](C)(NCC)NCC. The summed E-state index contributed by atoms with van der Waals surface area (Å²) in [4.78, 5) is 10.4. The van der Waals surface area contributed by atoms with Crippen LogP contribution in [0.4, 0.5) is 0 Å². The van der Waals surface area contributed by atoms with E-state index in [-0.39, 0.29) is 0 Å². The summed E-state index contributed by atoms with van der Waals surface area (Å²) in [5.41, 5.74) is 0. The molecule has 0 aromatic carbocycles. The number of nitrogens with one attached hydrogen (secondary N) is 3. The monoisotopic (exact) mass is 175 g/mol. The Balaban J connectivity index is 3.79. The van der Waals surface area contributed by atoms with E-state index in [9.17, 15) is 0 Å². The van der Waals surface area contributed by atoms with E-state index >= 15 is 0 Å². The highest BCUT2D eigenvalue weighted by Gasteiger charge is 2.23. The van der Waals surface area contributed by atoms with Crippen molar-refractivity contribution in [2.75, 3.05) is 19.6 Å². The van der Waals surface area contributed by atoms with Gasteiger partial charge in [-0.05, 0) is 26.2 Å². The van der Waals surface area contributed by atoms with E-state index in [1.807, 2.05) is 0 Å². The predicted molar refractivity (Wildman–Crippen MR) is 52.6 cm³/mol. The van der Waals surface area contributed by atoms with Crippen molar-refractivity contribution in [3.63, 3.8) is 0 Å². The quantitative estimate of drug-likeness (QED) is 0.511. The summed E-state index contributed by atoms with van der Waals surface area (Å²) in [6.45, 7) is 11.8. The van der Waals surface area contributed by atoms with Crippen LogP contribution in [0.25, 0.3) is 0 Å². The van der Waals surface area contributed by atoms with Gasteiger partial charge in [0.25, 0.3) is 8.56 Å². The molecule has 0 aromatic rings. The maximum absolute atomic E-state index is 3.48. The van der Waals surface area contributed by atoms with E-state index in [4.69, 9.17) is 0 Å². The van der Waals surface area contributed by atoms with Crippen LogP contribution in [0.15, 0.2) is 0 Å². The van der Waals surface area contributed by atoms with Crippen molar-refractivity contribution in [3.8, 4) is 0 Å². The van der Waals surface area contributed by atoms with Gasteiger partial charge in [0.2, 0.25) is 0 Å². The zero-order chi connectivity index (χ0) is 8.74. The maximum Gasteiger partial charge on any atom is 0.278 e. The van der Waals surface area contributed by atoms with Crippen molar-refractivity contribution in [3.05, 3.63) is 0 Å². The molecule has 0 aliphatic carbocycles. The molecule has 0 saturated heterocycles. The molecule has 11 heavy (non-hydrogen) atoms. The fraction of sp³-hybridized carbons (Fsp3) is 1.00. The normalized spacial score (nSPS) is 12.0. The lowest BCUT2D eigenvalue weighted by Crippen LogP contribution is -2.70. The second-order valence-electron chi connectivity index (χ2n) is 2.72. The van der Waals surface area contributed by atoms with E-state index in [0.29, 0.717) is 0 Å². The summed E-state index contributed by atoms with van der Waals surface area (Å²) in [5.74, 6) is 0. The van der Waals surface area contributed by atoms with E-state index in [1.165, 1.54) is 0 Å².